The van der Waals surface area contributed by atoms with Gasteiger partial charge in [0, 0.05) is 6.42 Å². The van der Waals surface area contributed by atoms with E-state index in [-0.39, 0.29) is 6.42 Å². The van der Waals surface area contributed by atoms with Gasteiger partial charge in [0.1, 0.15) is 73.2 Å². The molecular formula is C66H111NO18. The topological polar surface area (TPSA) is 307 Å². The van der Waals surface area contributed by atoms with Crippen LogP contribution in [-0.2, 0) is 33.2 Å². The molecular weight excluding hydrogens is 1090 g/mol. The molecule has 85 heavy (non-hydrogen) atoms. The molecule has 19 nitrogen and oxygen atoms in total. The summed E-state index contributed by atoms with van der Waals surface area (Å²) in [6, 6.07) is -1.06. The fraction of sp³-hybridized carbons (Fsp3) is 0.742. The van der Waals surface area contributed by atoms with E-state index in [2.05, 4.69) is 79.9 Å². The summed E-state index contributed by atoms with van der Waals surface area (Å²) in [4.78, 5) is 13.3. The first kappa shape index (κ1) is 76.0. The molecule has 17 unspecified atom stereocenters. The summed E-state index contributed by atoms with van der Waals surface area (Å²) in [5.41, 5.74) is 0. The second-order valence-corrected chi connectivity index (χ2v) is 22.5. The van der Waals surface area contributed by atoms with E-state index < -0.39 is 137 Å². The van der Waals surface area contributed by atoms with E-state index in [4.69, 9.17) is 28.4 Å². The number of allylic oxidation sites excluding steroid dienone is 14. The normalized spacial score (nSPS) is 29.6. The van der Waals surface area contributed by atoms with Crippen molar-refractivity contribution in [3.8, 4) is 0 Å². The Labute approximate surface area is 507 Å². The van der Waals surface area contributed by atoms with Crippen LogP contribution in [0.5, 0.6) is 0 Å². The third-order valence-corrected chi connectivity index (χ3v) is 15.4. The molecule has 3 fully saturated rings. The van der Waals surface area contributed by atoms with E-state index in [1.54, 1.807) is 18.2 Å². The summed E-state index contributed by atoms with van der Waals surface area (Å²) in [5, 5.41) is 120. The molecule has 0 spiro atoms. The number of amides is 1. The predicted molar refractivity (Wildman–Crippen MR) is 327 cm³/mol. The van der Waals surface area contributed by atoms with Gasteiger partial charge in [0.2, 0.25) is 5.91 Å². The zero-order valence-electron chi connectivity index (χ0n) is 51.0. The largest absolute Gasteiger partial charge is 0.394 e. The fourth-order valence-corrected chi connectivity index (χ4v) is 10.2. The smallest absolute Gasteiger partial charge is 0.224 e. The Morgan fingerprint density at radius 2 is 0.824 bits per heavy atom. The molecule has 3 aliphatic heterocycles. The minimum atomic E-state index is -1.99. The third kappa shape index (κ3) is 30.7. The van der Waals surface area contributed by atoms with Gasteiger partial charge in [0.05, 0.1) is 38.6 Å². The number of carbonyl (C=O) groups is 1. The number of aliphatic hydroxyl groups is 11. The summed E-state index contributed by atoms with van der Waals surface area (Å²) in [7, 11) is 0. The molecule has 0 bridgehead atoms. The molecule has 1 amide bonds. The summed E-state index contributed by atoms with van der Waals surface area (Å²) >= 11 is 0. The molecule has 3 aliphatic rings. The SMILES string of the molecule is CC/C=C\C/C=C\C/C=C\C/C=C\C/C=C\CC(=O)NC(COC1OC(CO)C(OC2OC(CO)C(OC3OC(CO)C(O)C(O)C3O)C(O)C2O)C(O)C1O)C(O)/C=C/CC/C=C/CC/C=C/CCCCCCCCCCCCCCCCC. The molecule has 0 aromatic heterocycles. The average Bonchev–Trinajstić information content (AvgIpc) is 3.49. The Hall–Kier alpha value is -3.29. The molecule has 19 heteroatoms. The van der Waals surface area contributed by atoms with Crippen LogP contribution in [-0.4, -0.2) is 193 Å². The first-order valence-corrected chi connectivity index (χ1v) is 32.0. The maximum absolute atomic E-state index is 13.3. The second-order valence-electron chi connectivity index (χ2n) is 22.5. The average molecular weight is 1210 g/mol. The number of hydrogen-bond acceptors (Lipinski definition) is 18. The van der Waals surface area contributed by atoms with Gasteiger partial charge >= 0.3 is 0 Å². The van der Waals surface area contributed by atoms with Crippen LogP contribution in [0.1, 0.15) is 181 Å². The van der Waals surface area contributed by atoms with Gasteiger partial charge in [0.25, 0.3) is 0 Å². The van der Waals surface area contributed by atoms with Gasteiger partial charge in [-0.1, -0.05) is 201 Å². The number of carbonyl (C=O) groups excluding carboxylic acids is 1. The van der Waals surface area contributed by atoms with Gasteiger partial charge in [-0.25, -0.2) is 0 Å². The lowest BCUT2D eigenvalue weighted by atomic mass is 9.96. The zero-order chi connectivity index (χ0) is 61.9. The summed E-state index contributed by atoms with van der Waals surface area (Å²) in [6.07, 6.45) is 34.3. The zero-order valence-corrected chi connectivity index (χ0v) is 51.0. The number of rotatable bonds is 46. The van der Waals surface area contributed by atoms with E-state index in [1.165, 1.54) is 96.3 Å². The Bertz CT molecular complexity index is 1920. The quantitative estimate of drug-likeness (QED) is 0.0217. The minimum absolute atomic E-state index is 0.00559. The molecule has 12 N–H and O–H groups in total. The van der Waals surface area contributed by atoms with Crippen molar-refractivity contribution in [2.75, 3.05) is 26.4 Å². The molecule has 0 saturated carbocycles. The van der Waals surface area contributed by atoms with Gasteiger partial charge in [-0.2, -0.15) is 0 Å². The van der Waals surface area contributed by atoms with Crippen LogP contribution in [0, 0.1) is 0 Å². The van der Waals surface area contributed by atoms with Crippen molar-refractivity contribution >= 4 is 5.91 Å². The van der Waals surface area contributed by atoms with E-state index in [9.17, 15) is 61.0 Å². The monoisotopic (exact) mass is 1210 g/mol. The summed E-state index contributed by atoms with van der Waals surface area (Å²) in [5.74, 6) is -0.420. The highest BCUT2D eigenvalue weighted by Gasteiger charge is 2.53. The standard InChI is InChI=1S/C66H111NO18/c1-3-5-7-9-11-13-15-17-19-20-21-22-23-24-25-26-27-28-30-31-33-35-37-39-41-43-50(71)49(67-54(72)44-42-40-38-36-34-32-29-18-16-14-12-10-8-6-4-2)48-80-64-60(78)57(75)62(52(46-69)82-64)85-66-61(79)58(76)63(53(47-70)83-66)84-65-59(77)56(74)55(73)51(45-68)81-65/h6,8,12,14,18,27-29,33-36,40-43,49-53,55-66,68-71,73-79H,3-5,7,9-11,13,15-17,19-26,30-32,37-39,44-48H2,1-2H3,(H,67,72)/b8-6-,14-12-,28-27+,29-18-,35-33+,36-34-,42-40-,43-41+. The molecule has 0 aromatic carbocycles. The van der Waals surface area contributed by atoms with Crippen LogP contribution in [0.2, 0.25) is 0 Å². The van der Waals surface area contributed by atoms with Crippen LogP contribution < -0.4 is 5.32 Å². The third-order valence-electron chi connectivity index (χ3n) is 15.4. The highest BCUT2D eigenvalue weighted by Crippen LogP contribution is 2.33. The number of hydrogen-bond donors (Lipinski definition) is 12. The highest BCUT2D eigenvalue weighted by atomic mass is 16.8. The van der Waals surface area contributed by atoms with Gasteiger partial charge < -0.3 is 89.9 Å². The molecule has 0 aliphatic carbocycles. The molecule has 488 valence electrons. The number of ether oxygens (including phenoxy) is 6. The number of unbranched alkanes of at least 4 members (excludes halogenated alkanes) is 17. The van der Waals surface area contributed by atoms with Crippen molar-refractivity contribution in [3.63, 3.8) is 0 Å². The van der Waals surface area contributed by atoms with E-state index in [1.807, 2.05) is 18.2 Å². The second kappa shape index (κ2) is 47.7. The van der Waals surface area contributed by atoms with Gasteiger partial charge in [-0.05, 0) is 70.6 Å². The van der Waals surface area contributed by atoms with Gasteiger partial charge in [-0.3, -0.25) is 4.79 Å². The summed E-state index contributed by atoms with van der Waals surface area (Å²) in [6.45, 7) is 1.50. The molecule has 0 radical (unpaired) electrons. The molecule has 3 rings (SSSR count). The van der Waals surface area contributed by atoms with Crippen LogP contribution in [0.15, 0.2) is 97.2 Å². The van der Waals surface area contributed by atoms with Crippen LogP contribution in [0.4, 0.5) is 0 Å². The summed E-state index contributed by atoms with van der Waals surface area (Å²) < 4.78 is 34.2. The lowest BCUT2D eigenvalue weighted by Crippen LogP contribution is -2.66. The first-order valence-electron chi connectivity index (χ1n) is 32.0. The first-order chi connectivity index (χ1) is 41.3. The molecule has 17 atom stereocenters. The van der Waals surface area contributed by atoms with Gasteiger partial charge in [-0.15, -0.1) is 0 Å². The van der Waals surface area contributed by atoms with Crippen LogP contribution in [0.3, 0.4) is 0 Å². The van der Waals surface area contributed by atoms with Crippen molar-refractivity contribution in [2.24, 2.45) is 0 Å². The van der Waals surface area contributed by atoms with Crippen molar-refractivity contribution < 1.29 is 89.4 Å². The maximum Gasteiger partial charge on any atom is 0.224 e. The Morgan fingerprint density at radius 3 is 1.29 bits per heavy atom. The lowest BCUT2D eigenvalue weighted by Gasteiger charge is -2.48. The Kier molecular flexibility index (Phi) is 42.6. The Balaban J connectivity index is 1.51. The van der Waals surface area contributed by atoms with Crippen molar-refractivity contribution in [3.05, 3.63) is 97.2 Å². The van der Waals surface area contributed by atoms with E-state index in [0.29, 0.717) is 12.8 Å². The van der Waals surface area contributed by atoms with Crippen molar-refractivity contribution in [1.29, 1.82) is 0 Å². The van der Waals surface area contributed by atoms with E-state index >= 15 is 0 Å². The predicted octanol–water partition coefficient (Wildman–Crippen LogP) is 6.93. The van der Waals surface area contributed by atoms with E-state index in [0.717, 1.165) is 51.4 Å². The minimum Gasteiger partial charge on any atom is -0.394 e. The number of aliphatic hydroxyl groups excluding tert-OH is 11. The van der Waals surface area contributed by atoms with Crippen LogP contribution in [0.25, 0.3) is 0 Å². The lowest BCUT2D eigenvalue weighted by molar-refractivity contribution is -0.379. The number of nitrogens with one attached hydrogen (secondary N) is 1. The molecule has 3 heterocycles. The van der Waals surface area contributed by atoms with Crippen molar-refractivity contribution in [1.82, 2.24) is 5.32 Å². The molecule has 0 aromatic rings. The maximum atomic E-state index is 13.3. The van der Waals surface area contributed by atoms with Gasteiger partial charge in [0.15, 0.2) is 18.9 Å². The molecule has 3 saturated heterocycles. The highest BCUT2D eigenvalue weighted by molar-refractivity contribution is 5.77. The Morgan fingerprint density at radius 1 is 0.435 bits per heavy atom. The fourth-order valence-electron chi connectivity index (χ4n) is 10.2. The van der Waals surface area contributed by atoms with Crippen molar-refractivity contribution in [2.45, 2.75) is 285 Å². The van der Waals surface area contributed by atoms with Crippen LogP contribution >= 0.6 is 0 Å².